The van der Waals surface area contributed by atoms with Crippen LogP contribution in [0, 0.1) is 0 Å². The van der Waals surface area contributed by atoms with Crippen LogP contribution in [-0.4, -0.2) is 11.6 Å². The monoisotopic (exact) mass is 249 g/mol. The molecule has 1 N–H and O–H groups in total. The Morgan fingerprint density at radius 2 is 1.89 bits per heavy atom. The third kappa shape index (κ3) is 4.40. The molecule has 1 aromatic rings. The summed E-state index contributed by atoms with van der Waals surface area (Å²) in [4.78, 5) is 11.5. The highest BCUT2D eigenvalue weighted by atomic mass is 16.5. The van der Waals surface area contributed by atoms with E-state index in [4.69, 9.17) is 4.74 Å². The minimum absolute atomic E-state index is 0.0355. The van der Waals surface area contributed by atoms with Crippen LogP contribution in [0.4, 0.5) is 4.79 Å². The van der Waals surface area contributed by atoms with Gasteiger partial charge in [0.25, 0.3) is 0 Å². The van der Waals surface area contributed by atoms with Crippen LogP contribution in [0.2, 0.25) is 0 Å². The summed E-state index contributed by atoms with van der Waals surface area (Å²) in [5, 5.41) is 2.93. The first-order valence-electron chi connectivity index (χ1n) is 6.73. The maximum atomic E-state index is 11.5. The van der Waals surface area contributed by atoms with Crippen molar-refractivity contribution in [1.82, 2.24) is 5.32 Å². The fraction of sp³-hybridized carbons (Fsp3) is 0.533. The average Bonchev–Trinajstić information content (AvgIpc) is 3.20. The van der Waals surface area contributed by atoms with Crippen LogP contribution in [0.5, 0.6) is 0 Å². The van der Waals surface area contributed by atoms with Crippen molar-refractivity contribution in [2.45, 2.75) is 52.2 Å². The highest BCUT2D eigenvalue weighted by Gasteiger charge is 2.42. The van der Waals surface area contributed by atoms with Gasteiger partial charge in [-0.3, -0.25) is 0 Å². The van der Waals surface area contributed by atoms with Crippen LogP contribution in [0.25, 0.3) is 0 Å². The molecule has 2 rings (SSSR count). The van der Waals surface area contributed by atoms with E-state index >= 15 is 0 Å². The normalized spacial score (nSPS) is 15.1. The minimum Gasteiger partial charge on any atom is -0.445 e. The van der Waals surface area contributed by atoms with Crippen molar-refractivity contribution in [2.75, 3.05) is 0 Å². The van der Waals surface area contributed by atoms with Crippen LogP contribution in [0.3, 0.4) is 0 Å². The fourth-order valence-electron chi connectivity index (χ4n) is 1.69. The highest BCUT2D eigenvalue weighted by Crippen LogP contribution is 2.38. The van der Waals surface area contributed by atoms with E-state index in [1.807, 2.05) is 44.2 Å². The van der Waals surface area contributed by atoms with Gasteiger partial charge in [0, 0.05) is 5.54 Å². The number of ether oxygens (including phenoxy) is 1. The molecule has 0 unspecified atom stereocenters. The van der Waals surface area contributed by atoms with Gasteiger partial charge >= 0.3 is 6.09 Å². The molecule has 18 heavy (non-hydrogen) atoms. The minimum atomic E-state index is -0.303. The summed E-state index contributed by atoms with van der Waals surface area (Å²) in [5.41, 5.74) is 1.05. The number of amides is 1. The Kier molecular flexibility index (Phi) is 5.69. The van der Waals surface area contributed by atoms with Crippen molar-refractivity contribution >= 4 is 6.09 Å². The molecule has 3 heteroatoms. The molecular weight excluding hydrogens is 226 g/mol. The van der Waals surface area contributed by atoms with E-state index in [9.17, 15) is 4.79 Å². The van der Waals surface area contributed by atoms with Crippen LogP contribution >= 0.6 is 0 Å². The Balaban J connectivity index is 0.000000771. The van der Waals surface area contributed by atoms with E-state index in [-0.39, 0.29) is 11.6 Å². The van der Waals surface area contributed by atoms with Crippen molar-refractivity contribution in [3.8, 4) is 0 Å². The van der Waals surface area contributed by atoms with E-state index in [1.54, 1.807) is 0 Å². The number of hydrogen-bond donors (Lipinski definition) is 1. The van der Waals surface area contributed by atoms with Crippen LogP contribution in [-0.2, 0) is 11.3 Å². The number of rotatable bonds is 4. The molecule has 0 radical (unpaired) electrons. The summed E-state index contributed by atoms with van der Waals surface area (Å²) >= 11 is 0. The maximum Gasteiger partial charge on any atom is 0.407 e. The molecule has 1 amide bonds. The van der Waals surface area contributed by atoms with Gasteiger partial charge in [-0.1, -0.05) is 51.1 Å². The molecule has 1 aliphatic rings. The number of benzene rings is 1. The van der Waals surface area contributed by atoms with E-state index < -0.39 is 0 Å². The first kappa shape index (κ1) is 14.6. The van der Waals surface area contributed by atoms with Crippen LogP contribution in [0.1, 0.15) is 45.6 Å². The van der Waals surface area contributed by atoms with Crippen molar-refractivity contribution in [3.63, 3.8) is 0 Å². The van der Waals surface area contributed by atoms with E-state index in [0.29, 0.717) is 6.61 Å². The standard InChI is InChI=1S/C13H17NO2.C2H6/c1-2-13(8-9-13)14-12(15)16-10-11-6-4-3-5-7-11;1-2/h3-7H,2,8-10H2,1H3,(H,14,15);1-2H3. The van der Waals surface area contributed by atoms with Crippen molar-refractivity contribution in [3.05, 3.63) is 35.9 Å². The van der Waals surface area contributed by atoms with E-state index in [1.165, 1.54) is 0 Å². The molecule has 1 saturated carbocycles. The van der Waals surface area contributed by atoms with Crippen molar-refractivity contribution < 1.29 is 9.53 Å². The number of carbonyl (C=O) groups excluding carboxylic acids is 1. The zero-order valence-corrected chi connectivity index (χ0v) is 11.5. The molecular formula is C15H23NO2. The van der Waals surface area contributed by atoms with Crippen molar-refractivity contribution in [2.24, 2.45) is 0 Å². The zero-order chi connectivity index (χ0) is 13.4. The molecule has 1 aliphatic carbocycles. The van der Waals surface area contributed by atoms with Gasteiger partial charge < -0.3 is 10.1 Å². The lowest BCUT2D eigenvalue weighted by Crippen LogP contribution is -2.36. The molecule has 0 saturated heterocycles. The molecule has 0 spiro atoms. The molecule has 0 atom stereocenters. The SMILES string of the molecule is CC.CCC1(NC(=O)OCc2ccccc2)CC1. The van der Waals surface area contributed by atoms with Crippen molar-refractivity contribution in [1.29, 1.82) is 0 Å². The number of nitrogens with one attached hydrogen (secondary N) is 1. The Hall–Kier alpha value is -1.51. The second-order valence-electron chi connectivity index (χ2n) is 4.32. The molecule has 0 aromatic heterocycles. The third-order valence-electron chi connectivity index (χ3n) is 3.11. The molecule has 1 aromatic carbocycles. The van der Waals surface area contributed by atoms with Gasteiger partial charge in [0.05, 0.1) is 0 Å². The second-order valence-corrected chi connectivity index (χ2v) is 4.32. The summed E-state index contributed by atoms with van der Waals surface area (Å²) in [6.45, 7) is 6.43. The zero-order valence-electron chi connectivity index (χ0n) is 11.5. The predicted molar refractivity (Wildman–Crippen MR) is 73.4 cm³/mol. The smallest absolute Gasteiger partial charge is 0.407 e. The quantitative estimate of drug-likeness (QED) is 0.879. The summed E-state index contributed by atoms with van der Waals surface area (Å²) in [6.07, 6.45) is 2.82. The molecule has 0 aliphatic heterocycles. The Morgan fingerprint density at radius 1 is 1.28 bits per heavy atom. The van der Waals surface area contributed by atoms with Gasteiger partial charge in [0.15, 0.2) is 0 Å². The average molecular weight is 249 g/mol. The van der Waals surface area contributed by atoms with Gasteiger partial charge in [-0.2, -0.15) is 0 Å². The lowest BCUT2D eigenvalue weighted by atomic mass is 10.2. The molecule has 0 heterocycles. The van der Waals surface area contributed by atoms with Crippen LogP contribution < -0.4 is 5.32 Å². The molecule has 3 nitrogen and oxygen atoms in total. The topological polar surface area (TPSA) is 38.3 Å². The Bertz CT molecular complexity index is 358. The Morgan fingerprint density at radius 3 is 2.39 bits per heavy atom. The lowest BCUT2D eigenvalue weighted by Gasteiger charge is -2.14. The summed E-state index contributed by atoms with van der Waals surface area (Å²) in [5.74, 6) is 0. The summed E-state index contributed by atoms with van der Waals surface area (Å²) in [7, 11) is 0. The number of carbonyl (C=O) groups is 1. The van der Waals surface area contributed by atoms with Gasteiger partial charge in [0.2, 0.25) is 0 Å². The first-order valence-corrected chi connectivity index (χ1v) is 6.73. The molecule has 100 valence electrons. The number of hydrogen-bond acceptors (Lipinski definition) is 2. The second kappa shape index (κ2) is 7.04. The van der Waals surface area contributed by atoms with Gasteiger partial charge in [-0.15, -0.1) is 0 Å². The first-order chi connectivity index (χ1) is 8.74. The molecule has 1 fully saturated rings. The van der Waals surface area contributed by atoms with Gasteiger partial charge in [-0.25, -0.2) is 4.79 Å². The van der Waals surface area contributed by atoms with Gasteiger partial charge in [0.1, 0.15) is 6.61 Å². The fourth-order valence-corrected chi connectivity index (χ4v) is 1.69. The molecule has 0 bridgehead atoms. The largest absolute Gasteiger partial charge is 0.445 e. The third-order valence-corrected chi connectivity index (χ3v) is 3.11. The van der Waals surface area contributed by atoms with Crippen LogP contribution in [0.15, 0.2) is 30.3 Å². The lowest BCUT2D eigenvalue weighted by molar-refractivity contribution is 0.134. The van der Waals surface area contributed by atoms with E-state index in [2.05, 4.69) is 12.2 Å². The summed E-state index contributed by atoms with van der Waals surface area (Å²) in [6, 6.07) is 9.70. The van der Waals surface area contributed by atoms with E-state index in [0.717, 1.165) is 24.8 Å². The van der Waals surface area contributed by atoms with Gasteiger partial charge in [-0.05, 0) is 24.8 Å². The maximum absolute atomic E-state index is 11.5. The number of alkyl carbamates (subject to hydrolysis) is 1. The Labute approximate surface area is 110 Å². The summed E-state index contributed by atoms with van der Waals surface area (Å²) < 4.78 is 5.16. The predicted octanol–water partition coefficient (Wildman–Crippen LogP) is 3.88. The highest BCUT2D eigenvalue weighted by molar-refractivity contribution is 5.68.